The third-order valence-electron chi connectivity index (χ3n) is 4.27. The molecule has 3 rings (SSSR count). The summed E-state index contributed by atoms with van der Waals surface area (Å²) in [6.07, 6.45) is 2.29. The first-order valence-corrected chi connectivity index (χ1v) is 9.07. The molecule has 1 aromatic heterocycles. The molecule has 0 saturated heterocycles. The fourth-order valence-electron chi connectivity index (χ4n) is 2.81. The van der Waals surface area contributed by atoms with E-state index < -0.39 is 5.82 Å². The molecule has 0 bridgehead atoms. The van der Waals surface area contributed by atoms with E-state index in [4.69, 9.17) is 9.47 Å². The van der Waals surface area contributed by atoms with Crippen LogP contribution in [0.1, 0.15) is 15.9 Å². The summed E-state index contributed by atoms with van der Waals surface area (Å²) in [5.74, 6) is 1.20. The predicted octanol–water partition coefficient (Wildman–Crippen LogP) is 4.14. The summed E-state index contributed by atoms with van der Waals surface area (Å²) in [5.41, 5.74) is 1.91. The monoisotopic (exact) mass is 395 g/mol. The highest BCUT2D eigenvalue weighted by atomic mass is 19.1. The van der Waals surface area contributed by atoms with Gasteiger partial charge in [-0.1, -0.05) is 12.1 Å². The van der Waals surface area contributed by atoms with Crippen LogP contribution >= 0.6 is 0 Å². The lowest BCUT2D eigenvalue weighted by Crippen LogP contribution is -2.13. The van der Waals surface area contributed by atoms with Gasteiger partial charge in [-0.3, -0.25) is 4.79 Å². The van der Waals surface area contributed by atoms with Crippen LogP contribution in [0.25, 0.3) is 0 Å². The number of amides is 1. The lowest BCUT2D eigenvalue weighted by atomic mass is 10.1. The van der Waals surface area contributed by atoms with Crippen LogP contribution in [0, 0.1) is 5.82 Å². The molecule has 1 amide bonds. The van der Waals surface area contributed by atoms with E-state index in [2.05, 4.69) is 15.6 Å². The summed E-state index contributed by atoms with van der Waals surface area (Å²) in [6.45, 7) is 0.622. The first-order valence-electron chi connectivity index (χ1n) is 9.07. The molecule has 0 aliphatic heterocycles. The number of carbonyl (C=O) groups is 1. The number of carbonyl (C=O) groups excluding carboxylic acids is 1. The minimum absolute atomic E-state index is 0.332. The van der Waals surface area contributed by atoms with Gasteiger partial charge in [-0.05, 0) is 54.4 Å². The summed E-state index contributed by atoms with van der Waals surface area (Å²) in [5, 5.41) is 5.88. The van der Waals surface area contributed by atoms with Crippen molar-refractivity contribution < 1.29 is 18.7 Å². The molecule has 2 N–H and O–H groups in total. The number of pyridine rings is 1. The molecule has 7 heteroatoms. The Hall–Kier alpha value is -3.61. The zero-order valence-electron chi connectivity index (χ0n) is 16.2. The third-order valence-corrected chi connectivity index (χ3v) is 4.27. The Labute approximate surface area is 168 Å². The Morgan fingerprint density at radius 1 is 1.03 bits per heavy atom. The van der Waals surface area contributed by atoms with Crippen molar-refractivity contribution >= 4 is 17.4 Å². The van der Waals surface area contributed by atoms with Gasteiger partial charge in [0.05, 0.1) is 14.2 Å². The Kier molecular flexibility index (Phi) is 6.63. The van der Waals surface area contributed by atoms with Gasteiger partial charge in [0, 0.05) is 24.0 Å². The summed E-state index contributed by atoms with van der Waals surface area (Å²) < 4.78 is 23.8. The number of hydrogen-bond acceptors (Lipinski definition) is 5. The standard InChI is InChI=1S/C22H22FN3O3/c1-28-19-7-6-15(12-20(19)29-2)8-10-24-21-13-16(9-11-25-21)22(27)26-18-5-3-4-17(23)14-18/h3-7,9,11-14H,8,10H2,1-2H3,(H,24,25)(H,26,27). The number of anilines is 2. The van der Waals surface area contributed by atoms with E-state index in [0.29, 0.717) is 35.1 Å². The van der Waals surface area contributed by atoms with Crippen LogP contribution < -0.4 is 20.1 Å². The van der Waals surface area contributed by atoms with Crippen molar-refractivity contribution in [2.75, 3.05) is 31.4 Å². The van der Waals surface area contributed by atoms with E-state index in [1.165, 1.54) is 12.1 Å². The fraction of sp³-hybridized carbons (Fsp3) is 0.182. The first-order chi connectivity index (χ1) is 14.1. The van der Waals surface area contributed by atoms with Crippen LogP contribution in [0.2, 0.25) is 0 Å². The maximum Gasteiger partial charge on any atom is 0.255 e. The lowest BCUT2D eigenvalue weighted by Gasteiger charge is -2.11. The van der Waals surface area contributed by atoms with Gasteiger partial charge in [0.15, 0.2) is 11.5 Å². The van der Waals surface area contributed by atoms with Gasteiger partial charge in [0.1, 0.15) is 11.6 Å². The number of rotatable bonds is 8. The van der Waals surface area contributed by atoms with Crippen LogP contribution in [0.15, 0.2) is 60.8 Å². The smallest absolute Gasteiger partial charge is 0.255 e. The molecule has 0 spiro atoms. The zero-order chi connectivity index (χ0) is 20.6. The topological polar surface area (TPSA) is 72.5 Å². The average Bonchev–Trinajstić information content (AvgIpc) is 2.74. The number of nitrogens with one attached hydrogen (secondary N) is 2. The SMILES string of the molecule is COc1ccc(CCNc2cc(C(=O)Nc3cccc(F)c3)ccn2)cc1OC. The highest BCUT2D eigenvalue weighted by molar-refractivity contribution is 6.04. The normalized spacial score (nSPS) is 10.3. The quantitative estimate of drug-likeness (QED) is 0.600. The number of ether oxygens (including phenoxy) is 2. The van der Waals surface area contributed by atoms with Crippen molar-refractivity contribution in [3.8, 4) is 11.5 Å². The molecule has 1 heterocycles. The molecule has 2 aromatic carbocycles. The summed E-state index contributed by atoms with van der Waals surface area (Å²) in [7, 11) is 3.20. The molecule has 6 nitrogen and oxygen atoms in total. The number of hydrogen-bond donors (Lipinski definition) is 2. The number of nitrogens with zero attached hydrogens (tertiary/aromatic N) is 1. The molecule has 0 atom stereocenters. The lowest BCUT2D eigenvalue weighted by molar-refractivity contribution is 0.102. The number of aromatic nitrogens is 1. The molecule has 3 aromatic rings. The van der Waals surface area contributed by atoms with Crippen LogP contribution in [-0.4, -0.2) is 31.7 Å². The van der Waals surface area contributed by atoms with Crippen molar-refractivity contribution in [2.24, 2.45) is 0 Å². The maximum atomic E-state index is 13.3. The molecule has 150 valence electrons. The summed E-state index contributed by atoms with van der Waals surface area (Å²) in [6, 6.07) is 14.8. The van der Waals surface area contributed by atoms with Gasteiger partial charge in [0.2, 0.25) is 0 Å². The van der Waals surface area contributed by atoms with Gasteiger partial charge in [-0.25, -0.2) is 9.37 Å². The second-order valence-electron chi connectivity index (χ2n) is 6.26. The van der Waals surface area contributed by atoms with E-state index >= 15 is 0 Å². The molecular weight excluding hydrogens is 373 g/mol. The molecule has 0 fully saturated rings. The third kappa shape index (κ3) is 5.44. The predicted molar refractivity (Wildman–Crippen MR) is 110 cm³/mol. The van der Waals surface area contributed by atoms with Crippen molar-refractivity contribution in [1.82, 2.24) is 4.98 Å². The molecular formula is C22H22FN3O3. The number of benzene rings is 2. The van der Waals surface area contributed by atoms with Gasteiger partial charge in [-0.2, -0.15) is 0 Å². The molecule has 0 saturated carbocycles. The van der Waals surface area contributed by atoms with Crippen LogP contribution in [0.3, 0.4) is 0 Å². The second kappa shape index (κ2) is 9.54. The molecule has 0 radical (unpaired) electrons. The van der Waals surface area contributed by atoms with E-state index in [0.717, 1.165) is 12.0 Å². The minimum atomic E-state index is -0.407. The Morgan fingerprint density at radius 3 is 2.62 bits per heavy atom. The van der Waals surface area contributed by atoms with Gasteiger partial charge < -0.3 is 20.1 Å². The Morgan fingerprint density at radius 2 is 1.86 bits per heavy atom. The molecule has 0 aliphatic carbocycles. The summed E-state index contributed by atoms with van der Waals surface area (Å²) >= 11 is 0. The van der Waals surface area contributed by atoms with Gasteiger partial charge in [0.25, 0.3) is 5.91 Å². The van der Waals surface area contributed by atoms with Crippen LogP contribution in [0.5, 0.6) is 11.5 Å². The average molecular weight is 395 g/mol. The minimum Gasteiger partial charge on any atom is -0.493 e. The van der Waals surface area contributed by atoms with Gasteiger partial charge >= 0.3 is 0 Å². The summed E-state index contributed by atoms with van der Waals surface area (Å²) in [4.78, 5) is 16.6. The van der Waals surface area contributed by atoms with E-state index in [1.54, 1.807) is 44.7 Å². The zero-order valence-corrected chi connectivity index (χ0v) is 16.2. The molecule has 29 heavy (non-hydrogen) atoms. The second-order valence-corrected chi connectivity index (χ2v) is 6.26. The van der Waals surface area contributed by atoms with Crippen molar-refractivity contribution in [3.63, 3.8) is 0 Å². The Bertz CT molecular complexity index is 995. The van der Waals surface area contributed by atoms with E-state index in [1.807, 2.05) is 18.2 Å². The first kappa shape index (κ1) is 20.1. The highest BCUT2D eigenvalue weighted by Crippen LogP contribution is 2.27. The fourth-order valence-corrected chi connectivity index (χ4v) is 2.81. The molecule has 0 aliphatic rings. The van der Waals surface area contributed by atoms with Gasteiger partial charge in [-0.15, -0.1) is 0 Å². The van der Waals surface area contributed by atoms with Crippen LogP contribution in [0.4, 0.5) is 15.9 Å². The van der Waals surface area contributed by atoms with Crippen molar-refractivity contribution in [1.29, 1.82) is 0 Å². The molecule has 0 unspecified atom stereocenters. The van der Waals surface area contributed by atoms with Crippen molar-refractivity contribution in [2.45, 2.75) is 6.42 Å². The number of methoxy groups -OCH3 is 2. The van der Waals surface area contributed by atoms with E-state index in [9.17, 15) is 9.18 Å². The van der Waals surface area contributed by atoms with E-state index in [-0.39, 0.29) is 5.91 Å². The Balaban J connectivity index is 1.59. The largest absolute Gasteiger partial charge is 0.493 e. The van der Waals surface area contributed by atoms with Crippen LogP contribution in [-0.2, 0) is 6.42 Å². The van der Waals surface area contributed by atoms with Crippen molar-refractivity contribution in [3.05, 3.63) is 77.7 Å². The maximum absolute atomic E-state index is 13.3. The number of halogens is 1. The highest BCUT2D eigenvalue weighted by Gasteiger charge is 2.09.